The molecule has 3 N–H and O–H groups in total. The molecule has 0 aliphatic carbocycles. The monoisotopic (exact) mass is 545 g/mol. The summed E-state index contributed by atoms with van der Waals surface area (Å²) in [6.45, 7) is 2.20. The molecule has 1 amide bonds. The van der Waals surface area contributed by atoms with E-state index in [0.717, 1.165) is 22.2 Å². The number of carbonyl (C=O) groups is 1. The number of nitrogens with zero attached hydrogens (tertiary/aromatic N) is 2. The van der Waals surface area contributed by atoms with Gasteiger partial charge in [-0.2, -0.15) is 11.8 Å². The molecule has 0 spiro atoms. The molecule has 5 rings (SSSR count). The summed E-state index contributed by atoms with van der Waals surface area (Å²) in [5.41, 5.74) is 4.82. The SMILES string of the molecule is C[C@H]1[C@@H](CSCCO)O[C@@H](c2cccc(NC(=O)c3cnc4ccccc4n3)c2)O[C@H]1c1ccc(CO)cc1. The van der Waals surface area contributed by atoms with Gasteiger partial charge in [0.1, 0.15) is 5.69 Å². The summed E-state index contributed by atoms with van der Waals surface area (Å²) in [6, 6.07) is 22.6. The number of anilines is 1. The Labute approximate surface area is 231 Å². The molecule has 0 radical (unpaired) electrons. The van der Waals surface area contributed by atoms with Crippen LogP contribution in [0.1, 0.15) is 46.5 Å². The lowest BCUT2D eigenvalue weighted by atomic mass is 9.91. The molecule has 1 aliphatic heterocycles. The van der Waals surface area contributed by atoms with Crippen LogP contribution < -0.4 is 5.32 Å². The van der Waals surface area contributed by atoms with Gasteiger partial charge in [0, 0.05) is 28.7 Å². The van der Waals surface area contributed by atoms with Gasteiger partial charge in [0.05, 0.1) is 42.7 Å². The number of para-hydroxylation sites is 2. The van der Waals surface area contributed by atoms with Crippen LogP contribution in [0.4, 0.5) is 5.69 Å². The lowest BCUT2D eigenvalue weighted by Gasteiger charge is -2.41. The molecule has 2 heterocycles. The van der Waals surface area contributed by atoms with Crippen molar-refractivity contribution in [1.82, 2.24) is 9.97 Å². The molecule has 202 valence electrons. The smallest absolute Gasteiger partial charge is 0.275 e. The minimum atomic E-state index is -0.652. The number of amides is 1. The first kappa shape index (κ1) is 27.2. The Balaban J connectivity index is 1.36. The van der Waals surface area contributed by atoms with E-state index >= 15 is 0 Å². The van der Waals surface area contributed by atoms with E-state index in [2.05, 4.69) is 22.2 Å². The molecular weight excluding hydrogens is 514 g/mol. The van der Waals surface area contributed by atoms with Gasteiger partial charge in [0.15, 0.2) is 6.29 Å². The van der Waals surface area contributed by atoms with Gasteiger partial charge in [-0.25, -0.2) is 4.98 Å². The van der Waals surface area contributed by atoms with E-state index in [0.29, 0.717) is 22.7 Å². The van der Waals surface area contributed by atoms with Crippen molar-refractivity contribution < 1.29 is 24.5 Å². The third-order valence-electron chi connectivity index (χ3n) is 6.74. The summed E-state index contributed by atoms with van der Waals surface area (Å²) in [5, 5.41) is 21.6. The second kappa shape index (κ2) is 12.7. The predicted octanol–water partition coefficient (Wildman–Crippen LogP) is 4.89. The molecule has 9 heteroatoms. The highest BCUT2D eigenvalue weighted by atomic mass is 32.2. The van der Waals surface area contributed by atoms with Crippen molar-refractivity contribution in [1.29, 1.82) is 0 Å². The minimum Gasteiger partial charge on any atom is -0.396 e. The maximum absolute atomic E-state index is 13.0. The van der Waals surface area contributed by atoms with Gasteiger partial charge in [0.25, 0.3) is 5.91 Å². The maximum Gasteiger partial charge on any atom is 0.275 e. The number of aliphatic hydroxyl groups is 2. The number of nitrogens with one attached hydrogen (secondary N) is 1. The number of hydrogen-bond donors (Lipinski definition) is 3. The summed E-state index contributed by atoms with van der Waals surface area (Å²) in [6.07, 6.45) is 0.467. The molecule has 3 aromatic carbocycles. The lowest BCUT2D eigenvalue weighted by Crippen LogP contribution is -2.38. The van der Waals surface area contributed by atoms with Gasteiger partial charge in [-0.15, -0.1) is 0 Å². The van der Waals surface area contributed by atoms with Gasteiger partial charge in [-0.05, 0) is 35.4 Å². The average molecular weight is 546 g/mol. The van der Waals surface area contributed by atoms with E-state index in [-0.39, 0.29) is 42.9 Å². The van der Waals surface area contributed by atoms with Gasteiger partial charge in [-0.1, -0.05) is 55.5 Å². The Hall–Kier alpha value is -3.34. The number of carbonyl (C=O) groups excluding carboxylic acids is 1. The highest BCUT2D eigenvalue weighted by Gasteiger charge is 2.38. The molecule has 1 aliphatic rings. The van der Waals surface area contributed by atoms with E-state index in [9.17, 15) is 15.0 Å². The molecule has 39 heavy (non-hydrogen) atoms. The van der Waals surface area contributed by atoms with Gasteiger partial charge in [0.2, 0.25) is 0 Å². The molecule has 0 unspecified atom stereocenters. The zero-order chi connectivity index (χ0) is 27.2. The summed E-state index contributed by atoms with van der Waals surface area (Å²) >= 11 is 1.64. The second-order valence-corrected chi connectivity index (χ2v) is 10.6. The van der Waals surface area contributed by atoms with E-state index in [1.807, 2.05) is 66.7 Å². The fourth-order valence-electron chi connectivity index (χ4n) is 4.60. The minimum absolute atomic E-state index is 0.0170. The number of aromatic nitrogens is 2. The third-order valence-corrected chi connectivity index (χ3v) is 7.77. The van der Waals surface area contributed by atoms with Crippen molar-refractivity contribution in [2.75, 3.05) is 23.4 Å². The van der Waals surface area contributed by atoms with Crippen molar-refractivity contribution in [3.63, 3.8) is 0 Å². The first-order valence-corrected chi connectivity index (χ1v) is 14.0. The molecule has 4 atom stereocenters. The Morgan fingerprint density at radius 3 is 2.54 bits per heavy atom. The molecule has 0 bridgehead atoms. The van der Waals surface area contributed by atoms with Crippen LogP contribution >= 0.6 is 11.8 Å². The van der Waals surface area contributed by atoms with Gasteiger partial charge < -0.3 is 25.0 Å². The van der Waals surface area contributed by atoms with Crippen LogP contribution in [0.25, 0.3) is 11.0 Å². The summed E-state index contributed by atoms with van der Waals surface area (Å²) in [5.74, 6) is 1.04. The van der Waals surface area contributed by atoms with E-state index in [1.165, 1.54) is 6.20 Å². The van der Waals surface area contributed by atoms with Crippen LogP contribution in [0.5, 0.6) is 0 Å². The van der Waals surface area contributed by atoms with Crippen molar-refractivity contribution in [2.45, 2.75) is 32.0 Å². The van der Waals surface area contributed by atoms with Crippen LogP contribution in [0.15, 0.2) is 79.0 Å². The Morgan fingerprint density at radius 1 is 0.974 bits per heavy atom. The number of fused-ring (bicyclic) bond motifs is 1. The number of rotatable bonds is 9. The fraction of sp³-hybridized carbons (Fsp3) is 0.300. The Morgan fingerprint density at radius 2 is 1.77 bits per heavy atom. The molecule has 1 saturated heterocycles. The van der Waals surface area contributed by atoms with Crippen molar-refractivity contribution in [3.8, 4) is 0 Å². The predicted molar refractivity (Wildman–Crippen MR) is 151 cm³/mol. The van der Waals surface area contributed by atoms with E-state index in [4.69, 9.17) is 9.47 Å². The highest BCUT2D eigenvalue weighted by Crippen LogP contribution is 2.42. The van der Waals surface area contributed by atoms with Crippen LogP contribution in [0, 0.1) is 5.92 Å². The van der Waals surface area contributed by atoms with Gasteiger partial charge >= 0.3 is 0 Å². The molecule has 0 saturated carbocycles. The standard InChI is InChI=1S/C30H31N3O5S/c1-19-27(18-39-14-13-34)37-30(38-28(19)21-11-9-20(17-35)10-12-21)22-5-4-6-23(15-22)32-29(36)26-16-31-24-7-2-3-8-25(24)33-26/h2-12,15-16,19,27-28,30,34-35H,13-14,17-18H2,1H3,(H,32,36)/t19-,27+,28+,30+/m0/s1. The van der Waals surface area contributed by atoms with Crippen LogP contribution in [-0.2, 0) is 16.1 Å². The lowest BCUT2D eigenvalue weighted by molar-refractivity contribution is -0.268. The zero-order valence-electron chi connectivity index (χ0n) is 21.6. The van der Waals surface area contributed by atoms with Crippen LogP contribution in [0.2, 0.25) is 0 Å². The molecule has 4 aromatic rings. The zero-order valence-corrected chi connectivity index (χ0v) is 22.4. The number of aliphatic hydroxyl groups excluding tert-OH is 2. The first-order chi connectivity index (χ1) is 19.1. The van der Waals surface area contributed by atoms with Gasteiger partial charge in [-0.3, -0.25) is 9.78 Å². The number of hydrogen-bond acceptors (Lipinski definition) is 8. The topological polar surface area (TPSA) is 114 Å². The Bertz CT molecular complexity index is 1420. The quantitative estimate of drug-likeness (QED) is 0.255. The molecule has 1 fully saturated rings. The number of thioether (sulfide) groups is 1. The summed E-state index contributed by atoms with van der Waals surface area (Å²) in [7, 11) is 0. The van der Waals surface area contributed by atoms with Crippen molar-refractivity contribution in [3.05, 3.63) is 101 Å². The third kappa shape index (κ3) is 6.46. The second-order valence-electron chi connectivity index (χ2n) is 9.44. The molecule has 8 nitrogen and oxygen atoms in total. The summed E-state index contributed by atoms with van der Waals surface area (Å²) in [4.78, 5) is 21.7. The average Bonchev–Trinajstić information content (AvgIpc) is 2.98. The van der Waals surface area contributed by atoms with Crippen molar-refractivity contribution in [2.24, 2.45) is 5.92 Å². The number of ether oxygens (including phenoxy) is 2. The van der Waals surface area contributed by atoms with Crippen LogP contribution in [-0.4, -0.2) is 50.3 Å². The van der Waals surface area contributed by atoms with Crippen molar-refractivity contribution >= 4 is 34.4 Å². The largest absolute Gasteiger partial charge is 0.396 e. The summed E-state index contributed by atoms with van der Waals surface area (Å²) < 4.78 is 12.9. The van der Waals surface area contributed by atoms with E-state index < -0.39 is 6.29 Å². The molecular formula is C30H31N3O5S. The van der Waals surface area contributed by atoms with Crippen LogP contribution in [0.3, 0.4) is 0 Å². The van der Waals surface area contributed by atoms with E-state index in [1.54, 1.807) is 17.8 Å². The molecule has 1 aromatic heterocycles. The normalized spacial score (nSPS) is 21.1. The number of benzene rings is 3. The highest BCUT2D eigenvalue weighted by molar-refractivity contribution is 7.99. The first-order valence-electron chi connectivity index (χ1n) is 12.9. The Kier molecular flexibility index (Phi) is 8.85. The maximum atomic E-state index is 13.0. The fourth-order valence-corrected chi connectivity index (χ4v) is 5.51.